The number of benzene rings is 2. The first kappa shape index (κ1) is 13.1. The first-order chi connectivity index (χ1) is 10.2. The minimum absolute atomic E-state index is 0.620. The van der Waals surface area contributed by atoms with E-state index >= 15 is 0 Å². The summed E-state index contributed by atoms with van der Waals surface area (Å²) in [6.45, 7) is 0. The second-order valence-corrected chi connectivity index (χ2v) is 4.54. The molecule has 0 saturated heterocycles. The van der Waals surface area contributed by atoms with Crippen molar-refractivity contribution in [3.63, 3.8) is 0 Å². The van der Waals surface area contributed by atoms with E-state index in [9.17, 15) is 0 Å². The van der Waals surface area contributed by atoms with Gasteiger partial charge in [0.05, 0.1) is 31.2 Å². The van der Waals surface area contributed by atoms with E-state index in [4.69, 9.17) is 19.2 Å². The lowest BCUT2D eigenvalue weighted by Crippen LogP contribution is -1.86. The van der Waals surface area contributed by atoms with Crippen molar-refractivity contribution < 1.29 is 13.9 Å². The van der Waals surface area contributed by atoms with Crippen molar-refractivity contribution in [1.29, 1.82) is 5.26 Å². The Hall–Kier alpha value is -2.93. The molecule has 0 atom stereocenters. The Balaban J connectivity index is 2.13. The average molecular weight is 279 g/mol. The van der Waals surface area contributed by atoms with Crippen molar-refractivity contribution in [1.82, 2.24) is 0 Å². The SMILES string of the molecule is COc1cc(OC)c2cc(-c3ccc(C#N)cc3)oc2c1. The molecule has 0 radical (unpaired) electrons. The Morgan fingerprint density at radius 2 is 1.76 bits per heavy atom. The van der Waals surface area contributed by atoms with E-state index in [-0.39, 0.29) is 0 Å². The largest absolute Gasteiger partial charge is 0.496 e. The van der Waals surface area contributed by atoms with Gasteiger partial charge in [-0.25, -0.2) is 0 Å². The van der Waals surface area contributed by atoms with E-state index in [1.165, 1.54) is 0 Å². The molecule has 1 aromatic heterocycles. The van der Waals surface area contributed by atoms with Crippen molar-refractivity contribution in [3.8, 4) is 28.9 Å². The normalized spacial score (nSPS) is 10.3. The molecule has 0 aliphatic heterocycles. The zero-order valence-electron chi connectivity index (χ0n) is 11.7. The number of nitriles is 1. The number of methoxy groups -OCH3 is 2. The van der Waals surface area contributed by atoms with Crippen LogP contribution in [0.25, 0.3) is 22.3 Å². The van der Waals surface area contributed by atoms with Gasteiger partial charge < -0.3 is 13.9 Å². The quantitative estimate of drug-likeness (QED) is 0.727. The van der Waals surface area contributed by atoms with E-state index < -0.39 is 0 Å². The first-order valence-corrected chi connectivity index (χ1v) is 6.41. The van der Waals surface area contributed by atoms with Gasteiger partial charge in [-0.3, -0.25) is 0 Å². The van der Waals surface area contributed by atoms with Crippen molar-refractivity contribution >= 4 is 11.0 Å². The lowest BCUT2D eigenvalue weighted by molar-refractivity contribution is 0.397. The van der Waals surface area contributed by atoms with Gasteiger partial charge >= 0.3 is 0 Å². The summed E-state index contributed by atoms with van der Waals surface area (Å²) in [7, 11) is 3.22. The van der Waals surface area contributed by atoms with Gasteiger partial charge in [0.25, 0.3) is 0 Å². The van der Waals surface area contributed by atoms with Gasteiger partial charge in [-0.05, 0) is 30.3 Å². The molecule has 0 amide bonds. The summed E-state index contributed by atoms with van der Waals surface area (Å²) >= 11 is 0. The van der Waals surface area contributed by atoms with Gasteiger partial charge in [0, 0.05) is 17.7 Å². The summed E-state index contributed by atoms with van der Waals surface area (Å²) in [4.78, 5) is 0. The maximum absolute atomic E-state index is 8.84. The van der Waals surface area contributed by atoms with Gasteiger partial charge in [-0.15, -0.1) is 0 Å². The maximum Gasteiger partial charge on any atom is 0.142 e. The van der Waals surface area contributed by atoms with Crippen molar-refractivity contribution in [2.75, 3.05) is 14.2 Å². The maximum atomic E-state index is 8.84. The molecule has 3 aromatic rings. The summed E-state index contributed by atoms with van der Waals surface area (Å²) < 4.78 is 16.5. The van der Waals surface area contributed by atoms with Crippen LogP contribution in [-0.4, -0.2) is 14.2 Å². The standard InChI is InChI=1S/C17H13NO3/c1-19-13-7-16(20-2)14-9-15(21-17(14)8-13)12-5-3-11(10-18)4-6-12/h3-9H,1-2H3. The fraction of sp³-hybridized carbons (Fsp3) is 0.118. The molecule has 0 fully saturated rings. The Bertz CT molecular complexity index is 826. The highest BCUT2D eigenvalue weighted by Crippen LogP contribution is 2.36. The van der Waals surface area contributed by atoms with Gasteiger partial charge in [-0.2, -0.15) is 5.26 Å². The zero-order chi connectivity index (χ0) is 14.8. The fourth-order valence-corrected chi connectivity index (χ4v) is 2.22. The van der Waals surface area contributed by atoms with Crippen LogP contribution in [-0.2, 0) is 0 Å². The topological polar surface area (TPSA) is 55.4 Å². The molecule has 21 heavy (non-hydrogen) atoms. The Morgan fingerprint density at radius 1 is 1.00 bits per heavy atom. The molecule has 2 aromatic carbocycles. The second kappa shape index (κ2) is 5.22. The Labute approximate surface area is 122 Å². The third-order valence-corrected chi connectivity index (χ3v) is 3.33. The van der Waals surface area contributed by atoms with Crippen LogP contribution in [0.5, 0.6) is 11.5 Å². The minimum Gasteiger partial charge on any atom is -0.496 e. The van der Waals surface area contributed by atoms with Crippen LogP contribution in [0.4, 0.5) is 0 Å². The molecule has 0 N–H and O–H groups in total. The fourth-order valence-electron chi connectivity index (χ4n) is 2.22. The molecule has 1 heterocycles. The van der Waals surface area contributed by atoms with Crippen LogP contribution in [0.15, 0.2) is 46.9 Å². The minimum atomic E-state index is 0.620. The summed E-state index contributed by atoms with van der Waals surface area (Å²) in [5.41, 5.74) is 2.23. The van der Waals surface area contributed by atoms with E-state index in [2.05, 4.69) is 6.07 Å². The van der Waals surface area contributed by atoms with Crippen molar-refractivity contribution in [2.24, 2.45) is 0 Å². The summed E-state index contributed by atoms with van der Waals surface area (Å²) in [6, 6.07) is 14.9. The molecule has 0 spiro atoms. The third-order valence-electron chi connectivity index (χ3n) is 3.33. The number of furan rings is 1. The second-order valence-electron chi connectivity index (χ2n) is 4.54. The molecule has 0 aliphatic carbocycles. The molecular weight excluding hydrogens is 266 g/mol. The predicted octanol–water partition coefficient (Wildman–Crippen LogP) is 3.99. The van der Waals surface area contributed by atoms with Crippen molar-refractivity contribution in [2.45, 2.75) is 0 Å². The Morgan fingerprint density at radius 3 is 2.38 bits per heavy atom. The molecule has 0 bridgehead atoms. The Kier molecular flexibility index (Phi) is 3.25. The number of fused-ring (bicyclic) bond motifs is 1. The number of rotatable bonds is 3. The van der Waals surface area contributed by atoms with Crippen molar-refractivity contribution in [3.05, 3.63) is 48.0 Å². The summed E-state index contributed by atoms with van der Waals surface area (Å²) in [6.07, 6.45) is 0. The van der Waals surface area contributed by atoms with Crippen LogP contribution in [0.2, 0.25) is 0 Å². The average Bonchev–Trinajstić information content (AvgIpc) is 2.97. The number of hydrogen-bond donors (Lipinski definition) is 0. The van der Waals surface area contributed by atoms with Gasteiger partial charge in [-0.1, -0.05) is 0 Å². The zero-order valence-corrected chi connectivity index (χ0v) is 11.7. The summed E-state index contributed by atoms with van der Waals surface area (Å²) in [5, 5.41) is 9.72. The highest BCUT2D eigenvalue weighted by Gasteiger charge is 2.12. The molecule has 3 rings (SSSR count). The number of hydrogen-bond acceptors (Lipinski definition) is 4. The molecule has 0 saturated carbocycles. The van der Waals surface area contributed by atoms with Crippen LogP contribution in [0, 0.1) is 11.3 Å². The van der Waals surface area contributed by atoms with E-state index in [0.29, 0.717) is 22.6 Å². The van der Waals surface area contributed by atoms with Gasteiger partial charge in [0.15, 0.2) is 0 Å². The van der Waals surface area contributed by atoms with Crippen LogP contribution in [0.1, 0.15) is 5.56 Å². The van der Waals surface area contributed by atoms with Gasteiger partial charge in [0.2, 0.25) is 0 Å². The van der Waals surface area contributed by atoms with Gasteiger partial charge in [0.1, 0.15) is 22.8 Å². The number of ether oxygens (including phenoxy) is 2. The predicted molar refractivity (Wildman–Crippen MR) is 79.5 cm³/mol. The molecule has 0 unspecified atom stereocenters. The molecule has 4 heteroatoms. The van der Waals surface area contributed by atoms with Crippen LogP contribution in [0.3, 0.4) is 0 Å². The van der Waals surface area contributed by atoms with E-state index in [1.807, 2.05) is 30.3 Å². The summed E-state index contributed by atoms with van der Waals surface area (Å²) in [5.74, 6) is 2.11. The first-order valence-electron chi connectivity index (χ1n) is 6.41. The lowest BCUT2D eigenvalue weighted by atomic mass is 10.1. The molecule has 104 valence electrons. The highest BCUT2D eigenvalue weighted by atomic mass is 16.5. The molecular formula is C17H13NO3. The molecule has 0 aliphatic rings. The lowest BCUT2D eigenvalue weighted by Gasteiger charge is -2.04. The number of nitrogens with zero attached hydrogens (tertiary/aromatic N) is 1. The van der Waals surface area contributed by atoms with E-state index in [1.54, 1.807) is 26.4 Å². The third kappa shape index (κ3) is 2.30. The van der Waals surface area contributed by atoms with Crippen LogP contribution >= 0.6 is 0 Å². The highest BCUT2D eigenvalue weighted by molar-refractivity contribution is 5.89. The van der Waals surface area contributed by atoms with Crippen LogP contribution < -0.4 is 9.47 Å². The van der Waals surface area contributed by atoms with E-state index in [0.717, 1.165) is 16.7 Å². The smallest absolute Gasteiger partial charge is 0.142 e. The molecule has 4 nitrogen and oxygen atoms in total. The monoisotopic (exact) mass is 279 g/mol.